The molecule has 0 radical (unpaired) electrons. The molecule has 0 atom stereocenters. The van der Waals surface area contributed by atoms with E-state index in [1.165, 1.54) is 22.9 Å². The first-order valence-corrected chi connectivity index (χ1v) is 8.04. The lowest BCUT2D eigenvalue weighted by atomic mass is 10.1. The van der Waals surface area contributed by atoms with Crippen molar-refractivity contribution in [1.82, 2.24) is 9.97 Å². The zero-order valence-electron chi connectivity index (χ0n) is 10.2. The van der Waals surface area contributed by atoms with E-state index in [0.717, 1.165) is 15.9 Å². The highest BCUT2D eigenvalue weighted by molar-refractivity contribution is 7.99. The van der Waals surface area contributed by atoms with Gasteiger partial charge in [-0.25, -0.2) is 9.97 Å². The van der Waals surface area contributed by atoms with E-state index < -0.39 is 0 Å². The molecule has 1 aromatic carbocycles. The average molecular weight is 297 g/mol. The molecule has 2 nitrogen and oxygen atoms in total. The molecule has 1 heterocycles. The van der Waals surface area contributed by atoms with E-state index in [1.807, 2.05) is 12.3 Å². The predicted octanol–water partition coefficient (Wildman–Crippen LogP) is 4.45. The van der Waals surface area contributed by atoms with E-state index in [0.29, 0.717) is 5.15 Å². The minimum atomic E-state index is 0.502. The van der Waals surface area contributed by atoms with Crippen molar-refractivity contribution in [2.75, 3.05) is 6.26 Å². The maximum absolute atomic E-state index is 5.96. The van der Waals surface area contributed by atoms with Crippen LogP contribution in [0.2, 0.25) is 5.15 Å². The van der Waals surface area contributed by atoms with Crippen LogP contribution in [0.1, 0.15) is 11.1 Å². The van der Waals surface area contributed by atoms with Crippen LogP contribution < -0.4 is 0 Å². The third kappa shape index (κ3) is 3.64. The summed E-state index contributed by atoms with van der Waals surface area (Å²) in [6.07, 6.45) is 1.95. The number of nitrogens with zero attached hydrogens (tertiary/aromatic N) is 2. The summed E-state index contributed by atoms with van der Waals surface area (Å²) in [6.45, 7) is 2.12. The normalized spacial score (nSPS) is 10.6. The van der Waals surface area contributed by atoms with Crippen LogP contribution in [0.15, 0.2) is 40.5 Å². The van der Waals surface area contributed by atoms with E-state index in [2.05, 4.69) is 41.2 Å². The Bertz CT molecular complexity index is 546. The summed E-state index contributed by atoms with van der Waals surface area (Å²) in [5.74, 6) is 0.897. The molecular formula is C13H13ClN2S2. The Labute approximate surface area is 121 Å². The number of hydrogen-bond donors (Lipinski definition) is 0. The van der Waals surface area contributed by atoms with E-state index in [9.17, 15) is 0 Å². The molecule has 0 spiro atoms. The van der Waals surface area contributed by atoms with Crippen LogP contribution in [0, 0.1) is 6.92 Å². The Morgan fingerprint density at radius 2 is 2.00 bits per heavy atom. The SMILES string of the molecule is CSc1nc(Cl)cc(SCc2ccccc2C)n1. The van der Waals surface area contributed by atoms with Crippen LogP contribution in [-0.2, 0) is 5.75 Å². The fourth-order valence-electron chi connectivity index (χ4n) is 1.47. The molecule has 0 amide bonds. The van der Waals surface area contributed by atoms with E-state index >= 15 is 0 Å². The van der Waals surface area contributed by atoms with Gasteiger partial charge in [-0.3, -0.25) is 0 Å². The Balaban J connectivity index is 2.11. The van der Waals surface area contributed by atoms with Crippen LogP contribution in [-0.4, -0.2) is 16.2 Å². The molecule has 2 aromatic rings. The third-order valence-electron chi connectivity index (χ3n) is 2.47. The van der Waals surface area contributed by atoms with Gasteiger partial charge < -0.3 is 0 Å². The van der Waals surface area contributed by atoms with Crippen LogP contribution >= 0.6 is 35.1 Å². The van der Waals surface area contributed by atoms with Crippen LogP contribution in [0.4, 0.5) is 0 Å². The number of halogens is 1. The summed E-state index contributed by atoms with van der Waals surface area (Å²) < 4.78 is 0. The molecule has 1 aromatic heterocycles. The number of aryl methyl sites for hydroxylation is 1. The fourth-order valence-corrected chi connectivity index (χ4v) is 3.17. The predicted molar refractivity (Wildman–Crippen MR) is 79.6 cm³/mol. The lowest BCUT2D eigenvalue weighted by Gasteiger charge is -2.06. The first-order valence-electron chi connectivity index (χ1n) is 5.45. The van der Waals surface area contributed by atoms with E-state index in [4.69, 9.17) is 11.6 Å². The van der Waals surface area contributed by atoms with Gasteiger partial charge in [0.2, 0.25) is 0 Å². The molecule has 0 aliphatic heterocycles. The van der Waals surface area contributed by atoms with Gasteiger partial charge >= 0.3 is 0 Å². The first-order chi connectivity index (χ1) is 8.69. The lowest BCUT2D eigenvalue weighted by molar-refractivity contribution is 0.894. The molecule has 0 unspecified atom stereocenters. The topological polar surface area (TPSA) is 25.8 Å². The minimum Gasteiger partial charge on any atom is -0.216 e. The van der Waals surface area contributed by atoms with Gasteiger partial charge in [-0.15, -0.1) is 11.8 Å². The molecule has 0 saturated heterocycles. The zero-order chi connectivity index (χ0) is 13.0. The van der Waals surface area contributed by atoms with Crippen molar-refractivity contribution in [3.05, 3.63) is 46.6 Å². The molecule has 0 aliphatic carbocycles. The maximum atomic E-state index is 5.96. The van der Waals surface area contributed by atoms with Gasteiger partial charge in [0.15, 0.2) is 5.16 Å². The summed E-state index contributed by atoms with van der Waals surface area (Å²) in [5.41, 5.74) is 2.62. The summed E-state index contributed by atoms with van der Waals surface area (Å²) in [4.78, 5) is 8.56. The largest absolute Gasteiger partial charge is 0.216 e. The highest BCUT2D eigenvalue weighted by atomic mass is 35.5. The molecule has 94 valence electrons. The van der Waals surface area contributed by atoms with Crippen molar-refractivity contribution in [3.63, 3.8) is 0 Å². The first kappa shape index (κ1) is 13.7. The number of rotatable bonds is 4. The van der Waals surface area contributed by atoms with Crippen molar-refractivity contribution in [3.8, 4) is 0 Å². The average Bonchev–Trinajstić information content (AvgIpc) is 2.37. The Morgan fingerprint density at radius 1 is 1.22 bits per heavy atom. The standard InChI is InChI=1S/C13H13ClN2S2/c1-9-5-3-4-6-10(9)8-18-12-7-11(14)15-13(16-12)17-2/h3-7H,8H2,1-2H3. The van der Waals surface area contributed by atoms with Gasteiger partial charge in [0.1, 0.15) is 10.2 Å². The maximum Gasteiger partial charge on any atom is 0.189 e. The highest BCUT2D eigenvalue weighted by Crippen LogP contribution is 2.26. The van der Waals surface area contributed by atoms with Crippen molar-refractivity contribution in [2.24, 2.45) is 0 Å². The Kier molecular flexibility index (Phi) is 4.92. The number of thioether (sulfide) groups is 2. The quantitative estimate of drug-likeness (QED) is 0.473. The van der Waals surface area contributed by atoms with Crippen LogP contribution in [0.25, 0.3) is 0 Å². The van der Waals surface area contributed by atoms with Gasteiger partial charge in [-0.2, -0.15) is 0 Å². The number of benzene rings is 1. The molecule has 0 saturated carbocycles. The second-order valence-electron chi connectivity index (χ2n) is 3.73. The summed E-state index contributed by atoms with van der Waals surface area (Å²) >= 11 is 9.15. The number of hydrogen-bond acceptors (Lipinski definition) is 4. The summed E-state index contributed by atoms with van der Waals surface area (Å²) in [7, 11) is 0. The highest BCUT2D eigenvalue weighted by Gasteiger charge is 2.04. The van der Waals surface area contributed by atoms with Gasteiger partial charge in [0, 0.05) is 11.8 Å². The molecule has 18 heavy (non-hydrogen) atoms. The fraction of sp³-hybridized carbons (Fsp3) is 0.231. The molecule has 0 N–H and O–H groups in total. The lowest BCUT2D eigenvalue weighted by Crippen LogP contribution is -1.91. The molecule has 0 aliphatic rings. The van der Waals surface area contributed by atoms with E-state index in [-0.39, 0.29) is 0 Å². The minimum absolute atomic E-state index is 0.502. The number of aromatic nitrogens is 2. The van der Waals surface area contributed by atoms with Gasteiger partial charge in [0.05, 0.1) is 0 Å². The smallest absolute Gasteiger partial charge is 0.189 e. The van der Waals surface area contributed by atoms with Gasteiger partial charge in [0.25, 0.3) is 0 Å². The van der Waals surface area contributed by atoms with Crippen LogP contribution in [0.5, 0.6) is 0 Å². The van der Waals surface area contributed by atoms with E-state index in [1.54, 1.807) is 11.8 Å². The van der Waals surface area contributed by atoms with Crippen LogP contribution in [0.3, 0.4) is 0 Å². The van der Waals surface area contributed by atoms with Crippen molar-refractivity contribution >= 4 is 35.1 Å². The zero-order valence-corrected chi connectivity index (χ0v) is 12.6. The molecule has 5 heteroatoms. The molecule has 0 fully saturated rings. The van der Waals surface area contributed by atoms with Crippen molar-refractivity contribution < 1.29 is 0 Å². The summed E-state index contributed by atoms with van der Waals surface area (Å²) in [6, 6.07) is 10.2. The third-order valence-corrected chi connectivity index (χ3v) is 4.17. The second kappa shape index (κ2) is 6.45. The Hall–Kier alpha value is -0.710. The Morgan fingerprint density at radius 3 is 2.72 bits per heavy atom. The monoisotopic (exact) mass is 296 g/mol. The summed E-state index contributed by atoms with van der Waals surface area (Å²) in [5, 5.41) is 2.14. The molecule has 2 rings (SSSR count). The van der Waals surface area contributed by atoms with Crippen molar-refractivity contribution in [2.45, 2.75) is 22.9 Å². The second-order valence-corrected chi connectivity index (χ2v) is 5.89. The molecular weight excluding hydrogens is 284 g/mol. The van der Waals surface area contributed by atoms with Gasteiger partial charge in [-0.1, -0.05) is 47.6 Å². The van der Waals surface area contributed by atoms with Crippen molar-refractivity contribution in [1.29, 1.82) is 0 Å². The molecule has 0 bridgehead atoms. The van der Waals surface area contributed by atoms with Gasteiger partial charge in [-0.05, 0) is 24.3 Å².